The van der Waals surface area contributed by atoms with E-state index in [1.807, 2.05) is 18.4 Å². The lowest BCUT2D eigenvalue weighted by atomic mass is 10.1. The molecule has 2 N–H and O–H groups in total. The molecular formula is C22H23N5O4S. The molecule has 4 aromatic rings. The van der Waals surface area contributed by atoms with E-state index in [1.165, 1.54) is 18.2 Å². The number of nitrogens with zero attached hydrogens (tertiary/aromatic N) is 3. The number of carbonyl (C=O) groups excluding carboxylic acids is 1. The van der Waals surface area contributed by atoms with Gasteiger partial charge in [-0.05, 0) is 45.0 Å². The fourth-order valence-corrected chi connectivity index (χ4v) is 4.64. The maximum Gasteiger partial charge on any atom is 0.261 e. The van der Waals surface area contributed by atoms with E-state index < -0.39 is 10.0 Å². The summed E-state index contributed by atoms with van der Waals surface area (Å²) in [6.45, 7) is 6.36. The standard InChI is InChI=1S/C22H23N5O4S/c1-4-27-15(3)24-20-12-16(26-32(29,30)18-8-6-5-7-9-18)11-19(21(20)27)22(28)23-13-17-10-14(2)25-31-17/h5-12,26H,4,13H2,1-3H3,(H,23,28). The molecule has 0 fully saturated rings. The van der Waals surface area contributed by atoms with Gasteiger partial charge in [-0.25, -0.2) is 13.4 Å². The molecule has 0 atom stereocenters. The Morgan fingerprint density at radius 3 is 2.53 bits per heavy atom. The molecule has 0 aliphatic carbocycles. The van der Waals surface area contributed by atoms with Crippen molar-refractivity contribution in [2.24, 2.45) is 0 Å². The van der Waals surface area contributed by atoms with Crippen LogP contribution in [0.1, 0.15) is 34.6 Å². The second-order valence-electron chi connectivity index (χ2n) is 7.33. The van der Waals surface area contributed by atoms with Crippen LogP contribution in [-0.2, 0) is 23.1 Å². The number of aryl methyl sites for hydroxylation is 3. The fourth-order valence-electron chi connectivity index (χ4n) is 3.58. The lowest BCUT2D eigenvalue weighted by molar-refractivity contribution is 0.0948. The molecule has 0 saturated carbocycles. The Balaban J connectivity index is 1.73. The maximum absolute atomic E-state index is 13.1. The number of anilines is 1. The fraction of sp³-hybridized carbons (Fsp3) is 0.227. The molecule has 2 aromatic carbocycles. The highest BCUT2D eigenvalue weighted by atomic mass is 32.2. The molecule has 4 rings (SSSR count). The number of hydrogen-bond acceptors (Lipinski definition) is 6. The lowest BCUT2D eigenvalue weighted by Gasteiger charge is -2.12. The predicted molar refractivity (Wildman–Crippen MR) is 120 cm³/mol. The van der Waals surface area contributed by atoms with E-state index in [-0.39, 0.29) is 23.0 Å². The minimum atomic E-state index is -3.83. The first kappa shape index (κ1) is 21.6. The van der Waals surface area contributed by atoms with Gasteiger partial charge in [0.05, 0.1) is 39.4 Å². The molecule has 166 valence electrons. The van der Waals surface area contributed by atoms with Gasteiger partial charge in [0.15, 0.2) is 5.76 Å². The Bertz CT molecular complexity index is 1390. The highest BCUT2D eigenvalue weighted by molar-refractivity contribution is 7.92. The van der Waals surface area contributed by atoms with E-state index in [0.29, 0.717) is 34.6 Å². The van der Waals surface area contributed by atoms with Crippen LogP contribution in [0.25, 0.3) is 11.0 Å². The SMILES string of the molecule is CCn1c(C)nc2cc(NS(=O)(=O)c3ccccc3)cc(C(=O)NCc3cc(C)no3)c21. The van der Waals surface area contributed by atoms with Gasteiger partial charge in [-0.1, -0.05) is 23.4 Å². The van der Waals surface area contributed by atoms with E-state index in [2.05, 4.69) is 20.2 Å². The minimum Gasteiger partial charge on any atom is -0.359 e. The van der Waals surface area contributed by atoms with Crippen molar-refractivity contribution in [2.75, 3.05) is 4.72 Å². The van der Waals surface area contributed by atoms with Crippen LogP contribution in [-0.4, -0.2) is 29.0 Å². The van der Waals surface area contributed by atoms with Gasteiger partial charge < -0.3 is 14.4 Å². The van der Waals surface area contributed by atoms with Crippen molar-refractivity contribution in [3.8, 4) is 0 Å². The zero-order valence-corrected chi connectivity index (χ0v) is 18.7. The number of sulfonamides is 1. The van der Waals surface area contributed by atoms with Crippen LogP contribution in [0, 0.1) is 13.8 Å². The van der Waals surface area contributed by atoms with Crippen LogP contribution in [0.2, 0.25) is 0 Å². The summed E-state index contributed by atoms with van der Waals surface area (Å²) in [6, 6.07) is 12.9. The van der Waals surface area contributed by atoms with Crippen molar-refractivity contribution in [3.63, 3.8) is 0 Å². The average Bonchev–Trinajstić information content (AvgIpc) is 3.33. The van der Waals surface area contributed by atoms with Gasteiger partial charge in [0.1, 0.15) is 5.82 Å². The monoisotopic (exact) mass is 453 g/mol. The highest BCUT2D eigenvalue weighted by Crippen LogP contribution is 2.27. The third-order valence-electron chi connectivity index (χ3n) is 5.00. The number of rotatable bonds is 7. The summed E-state index contributed by atoms with van der Waals surface area (Å²) in [4.78, 5) is 17.8. The molecule has 0 saturated heterocycles. The number of hydrogen-bond donors (Lipinski definition) is 2. The van der Waals surface area contributed by atoms with Crippen molar-refractivity contribution in [3.05, 3.63) is 71.4 Å². The molecule has 0 aliphatic heterocycles. The molecule has 0 aliphatic rings. The van der Waals surface area contributed by atoms with Crippen LogP contribution in [0.15, 0.2) is 57.9 Å². The van der Waals surface area contributed by atoms with Crippen molar-refractivity contribution in [1.29, 1.82) is 0 Å². The largest absolute Gasteiger partial charge is 0.359 e. The van der Waals surface area contributed by atoms with Crippen molar-refractivity contribution < 1.29 is 17.7 Å². The van der Waals surface area contributed by atoms with Crippen molar-refractivity contribution >= 4 is 32.7 Å². The molecular weight excluding hydrogens is 430 g/mol. The summed E-state index contributed by atoms with van der Waals surface area (Å²) in [5.74, 6) is 0.873. The summed E-state index contributed by atoms with van der Waals surface area (Å²) in [7, 11) is -3.83. The van der Waals surface area contributed by atoms with Crippen molar-refractivity contribution in [1.82, 2.24) is 20.0 Å². The number of aromatic nitrogens is 3. The molecule has 0 bridgehead atoms. The van der Waals surface area contributed by atoms with Gasteiger partial charge in [-0.3, -0.25) is 9.52 Å². The Kier molecular flexibility index (Phi) is 5.70. The van der Waals surface area contributed by atoms with E-state index in [1.54, 1.807) is 37.3 Å². The van der Waals surface area contributed by atoms with E-state index in [0.717, 1.165) is 5.82 Å². The summed E-state index contributed by atoms with van der Waals surface area (Å²) >= 11 is 0. The van der Waals surface area contributed by atoms with Crippen LogP contribution in [0.3, 0.4) is 0 Å². The summed E-state index contributed by atoms with van der Waals surface area (Å²) in [6.07, 6.45) is 0. The van der Waals surface area contributed by atoms with Crippen LogP contribution >= 0.6 is 0 Å². The average molecular weight is 454 g/mol. The predicted octanol–water partition coefficient (Wildman–Crippen LogP) is 3.39. The smallest absolute Gasteiger partial charge is 0.261 e. The summed E-state index contributed by atoms with van der Waals surface area (Å²) in [5.41, 5.74) is 2.44. The number of imidazole rings is 1. The molecule has 10 heteroatoms. The summed E-state index contributed by atoms with van der Waals surface area (Å²) < 4.78 is 35.2. The minimum absolute atomic E-state index is 0.127. The van der Waals surface area contributed by atoms with E-state index >= 15 is 0 Å². The normalized spacial score (nSPS) is 11.6. The highest BCUT2D eigenvalue weighted by Gasteiger charge is 2.21. The Hall–Kier alpha value is -3.66. The Morgan fingerprint density at radius 1 is 1.12 bits per heavy atom. The zero-order valence-electron chi connectivity index (χ0n) is 17.9. The Labute approximate surface area is 185 Å². The molecule has 0 unspecified atom stereocenters. The topological polar surface area (TPSA) is 119 Å². The zero-order chi connectivity index (χ0) is 22.9. The maximum atomic E-state index is 13.1. The molecule has 9 nitrogen and oxygen atoms in total. The number of carbonyl (C=O) groups is 1. The molecule has 2 aromatic heterocycles. The van der Waals surface area contributed by atoms with E-state index in [9.17, 15) is 13.2 Å². The first-order valence-corrected chi connectivity index (χ1v) is 11.6. The van der Waals surface area contributed by atoms with Gasteiger partial charge >= 0.3 is 0 Å². The second-order valence-corrected chi connectivity index (χ2v) is 9.01. The van der Waals surface area contributed by atoms with Crippen LogP contribution in [0.4, 0.5) is 5.69 Å². The lowest BCUT2D eigenvalue weighted by Crippen LogP contribution is -2.24. The summed E-state index contributed by atoms with van der Waals surface area (Å²) in [5, 5.41) is 6.63. The second kappa shape index (κ2) is 8.46. The number of fused-ring (bicyclic) bond motifs is 1. The van der Waals surface area contributed by atoms with Gasteiger partial charge in [0, 0.05) is 12.6 Å². The van der Waals surface area contributed by atoms with E-state index in [4.69, 9.17) is 4.52 Å². The molecule has 2 heterocycles. The molecule has 0 spiro atoms. The van der Waals surface area contributed by atoms with Gasteiger partial charge in [0.25, 0.3) is 15.9 Å². The van der Waals surface area contributed by atoms with Crippen molar-refractivity contribution in [2.45, 2.75) is 38.8 Å². The Morgan fingerprint density at radius 2 is 1.88 bits per heavy atom. The van der Waals surface area contributed by atoms with Crippen LogP contribution in [0.5, 0.6) is 0 Å². The molecule has 32 heavy (non-hydrogen) atoms. The quantitative estimate of drug-likeness (QED) is 0.443. The first-order chi connectivity index (χ1) is 15.3. The molecule has 1 amide bonds. The number of nitrogens with one attached hydrogen (secondary N) is 2. The number of amides is 1. The first-order valence-electron chi connectivity index (χ1n) is 10.1. The van der Waals surface area contributed by atoms with Gasteiger partial charge in [-0.2, -0.15) is 0 Å². The van der Waals surface area contributed by atoms with Gasteiger partial charge in [-0.15, -0.1) is 0 Å². The third-order valence-corrected chi connectivity index (χ3v) is 6.40. The third kappa shape index (κ3) is 4.22. The number of benzene rings is 2. The molecule has 0 radical (unpaired) electrons. The van der Waals surface area contributed by atoms with Gasteiger partial charge in [0.2, 0.25) is 0 Å². The van der Waals surface area contributed by atoms with Crippen LogP contribution < -0.4 is 10.0 Å².